The fourth-order valence-corrected chi connectivity index (χ4v) is 2.17. The zero-order valence-corrected chi connectivity index (χ0v) is 9.05. The third kappa shape index (κ3) is 2.04. The molecule has 0 heterocycles. The standard InChI is InChI=1S/C11H20O2/c1-10(2,3)8-5-6-11(4,7-8)9(12)13/h8H,5-7H2,1-4H3,(H,12,13). The summed E-state index contributed by atoms with van der Waals surface area (Å²) in [6.45, 7) is 8.48. The third-order valence-electron chi connectivity index (χ3n) is 3.48. The maximum Gasteiger partial charge on any atom is 0.309 e. The van der Waals surface area contributed by atoms with E-state index < -0.39 is 11.4 Å². The van der Waals surface area contributed by atoms with Gasteiger partial charge in [0.1, 0.15) is 0 Å². The smallest absolute Gasteiger partial charge is 0.309 e. The summed E-state index contributed by atoms with van der Waals surface area (Å²) in [5, 5.41) is 9.06. The molecule has 0 saturated heterocycles. The first-order valence-electron chi connectivity index (χ1n) is 4.99. The predicted molar refractivity (Wildman–Crippen MR) is 52.5 cm³/mol. The highest BCUT2D eigenvalue weighted by Gasteiger charge is 2.44. The van der Waals surface area contributed by atoms with Crippen LogP contribution in [0.25, 0.3) is 0 Å². The summed E-state index contributed by atoms with van der Waals surface area (Å²) in [5.41, 5.74) is -0.203. The Balaban J connectivity index is 2.69. The van der Waals surface area contributed by atoms with Crippen molar-refractivity contribution in [1.29, 1.82) is 0 Å². The summed E-state index contributed by atoms with van der Waals surface area (Å²) < 4.78 is 0. The Morgan fingerprint density at radius 3 is 2.23 bits per heavy atom. The number of aliphatic carboxylic acids is 1. The third-order valence-corrected chi connectivity index (χ3v) is 3.48. The minimum atomic E-state index is -0.626. The first kappa shape index (κ1) is 10.6. The summed E-state index contributed by atoms with van der Waals surface area (Å²) in [6.07, 6.45) is 2.74. The van der Waals surface area contributed by atoms with Crippen molar-refractivity contribution in [3.05, 3.63) is 0 Å². The molecule has 0 aromatic heterocycles. The Hall–Kier alpha value is -0.530. The van der Waals surface area contributed by atoms with Crippen molar-refractivity contribution in [2.75, 3.05) is 0 Å². The van der Waals surface area contributed by atoms with Crippen LogP contribution in [-0.4, -0.2) is 11.1 Å². The fraction of sp³-hybridized carbons (Fsp3) is 0.909. The molecule has 1 fully saturated rings. The number of carbonyl (C=O) groups is 1. The van der Waals surface area contributed by atoms with Crippen LogP contribution in [0, 0.1) is 16.7 Å². The second-order valence-electron chi connectivity index (χ2n) is 5.67. The van der Waals surface area contributed by atoms with E-state index in [1.54, 1.807) is 0 Å². The van der Waals surface area contributed by atoms with Crippen molar-refractivity contribution in [3.63, 3.8) is 0 Å². The topological polar surface area (TPSA) is 37.3 Å². The molecule has 2 heteroatoms. The van der Waals surface area contributed by atoms with Crippen molar-refractivity contribution in [1.82, 2.24) is 0 Å². The van der Waals surface area contributed by atoms with Crippen molar-refractivity contribution in [2.24, 2.45) is 16.7 Å². The molecular formula is C11H20O2. The van der Waals surface area contributed by atoms with Crippen molar-refractivity contribution < 1.29 is 9.90 Å². The fourth-order valence-electron chi connectivity index (χ4n) is 2.17. The van der Waals surface area contributed by atoms with Crippen LogP contribution in [0.3, 0.4) is 0 Å². The van der Waals surface area contributed by atoms with Gasteiger partial charge in [0, 0.05) is 0 Å². The highest BCUT2D eigenvalue weighted by Crippen LogP contribution is 2.48. The lowest BCUT2D eigenvalue weighted by Crippen LogP contribution is -2.26. The summed E-state index contributed by atoms with van der Waals surface area (Å²) >= 11 is 0. The predicted octanol–water partition coefficient (Wildman–Crippen LogP) is 2.92. The lowest BCUT2D eigenvalue weighted by Gasteiger charge is -2.28. The number of rotatable bonds is 1. The van der Waals surface area contributed by atoms with E-state index in [0.29, 0.717) is 5.92 Å². The molecule has 1 N–H and O–H groups in total. The summed E-state index contributed by atoms with van der Waals surface area (Å²) in [5.74, 6) is -0.0622. The van der Waals surface area contributed by atoms with E-state index in [-0.39, 0.29) is 5.41 Å². The van der Waals surface area contributed by atoms with Crippen LogP contribution >= 0.6 is 0 Å². The number of carboxylic acid groups (broad SMARTS) is 1. The lowest BCUT2D eigenvalue weighted by molar-refractivity contribution is -0.147. The van der Waals surface area contributed by atoms with Crippen molar-refractivity contribution in [2.45, 2.75) is 47.0 Å². The molecule has 13 heavy (non-hydrogen) atoms. The number of hydrogen-bond acceptors (Lipinski definition) is 1. The molecule has 2 atom stereocenters. The summed E-state index contributed by atoms with van der Waals surface area (Å²) in [4.78, 5) is 11.0. The molecule has 0 amide bonds. The molecule has 1 rings (SSSR count). The van der Waals surface area contributed by atoms with Gasteiger partial charge in [0.25, 0.3) is 0 Å². The van der Waals surface area contributed by atoms with Gasteiger partial charge < -0.3 is 5.11 Å². The lowest BCUT2D eigenvalue weighted by atomic mass is 9.77. The zero-order chi connectivity index (χ0) is 10.3. The minimum Gasteiger partial charge on any atom is -0.481 e. The molecule has 1 saturated carbocycles. The molecule has 0 aromatic rings. The van der Waals surface area contributed by atoms with E-state index in [9.17, 15) is 4.79 Å². The highest BCUT2D eigenvalue weighted by atomic mass is 16.4. The Morgan fingerprint density at radius 1 is 1.46 bits per heavy atom. The largest absolute Gasteiger partial charge is 0.481 e. The van der Waals surface area contributed by atoms with Crippen LogP contribution in [0.15, 0.2) is 0 Å². The number of hydrogen-bond donors (Lipinski definition) is 1. The number of carboxylic acids is 1. The van der Waals surface area contributed by atoms with E-state index in [1.165, 1.54) is 0 Å². The van der Waals surface area contributed by atoms with Gasteiger partial charge in [-0.25, -0.2) is 0 Å². The van der Waals surface area contributed by atoms with Crippen LogP contribution in [0.5, 0.6) is 0 Å². The van der Waals surface area contributed by atoms with Crippen LogP contribution < -0.4 is 0 Å². The average molecular weight is 184 g/mol. The maximum absolute atomic E-state index is 11.0. The minimum absolute atomic E-state index is 0.257. The normalized spacial score (nSPS) is 34.9. The molecule has 2 nitrogen and oxygen atoms in total. The van der Waals surface area contributed by atoms with E-state index in [2.05, 4.69) is 20.8 Å². The Kier molecular flexibility index (Phi) is 2.44. The van der Waals surface area contributed by atoms with Gasteiger partial charge in [-0.2, -0.15) is 0 Å². The molecule has 2 unspecified atom stereocenters. The average Bonchev–Trinajstić information content (AvgIpc) is 2.31. The molecule has 0 aromatic carbocycles. The molecule has 0 bridgehead atoms. The van der Waals surface area contributed by atoms with Gasteiger partial charge in [0.15, 0.2) is 0 Å². The van der Waals surface area contributed by atoms with Gasteiger partial charge in [-0.1, -0.05) is 20.8 Å². The molecule has 0 radical (unpaired) electrons. The second kappa shape index (κ2) is 3.00. The summed E-state index contributed by atoms with van der Waals surface area (Å²) in [6, 6.07) is 0. The van der Waals surface area contributed by atoms with Gasteiger partial charge in [0.2, 0.25) is 0 Å². The van der Waals surface area contributed by atoms with Gasteiger partial charge in [0.05, 0.1) is 5.41 Å². The van der Waals surface area contributed by atoms with E-state index in [1.807, 2.05) is 6.92 Å². The van der Waals surface area contributed by atoms with E-state index >= 15 is 0 Å². The quantitative estimate of drug-likeness (QED) is 0.680. The Labute approximate surface area is 80.3 Å². The molecule has 1 aliphatic carbocycles. The molecule has 1 aliphatic rings. The first-order chi connectivity index (χ1) is 5.76. The highest BCUT2D eigenvalue weighted by molar-refractivity contribution is 5.74. The van der Waals surface area contributed by atoms with Crippen LogP contribution in [-0.2, 0) is 4.79 Å². The first-order valence-corrected chi connectivity index (χ1v) is 4.99. The van der Waals surface area contributed by atoms with Crippen LogP contribution in [0.2, 0.25) is 0 Å². The monoisotopic (exact) mass is 184 g/mol. The van der Waals surface area contributed by atoms with Gasteiger partial charge in [-0.15, -0.1) is 0 Å². The van der Waals surface area contributed by atoms with E-state index in [0.717, 1.165) is 19.3 Å². The van der Waals surface area contributed by atoms with Gasteiger partial charge in [-0.3, -0.25) is 4.79 Å². The van der Waals surface area contributed by atoms with Gasteiger partial charge >= 0.3 is 5.97 Å². The maximum atomic E-state index is 11.0. The Bertz CT molecular complexity index is 215. The Morgan fingerprint density at radius 2 is 2.00 bits per heavy atom. The molecule has 0 spiro atoms. The van der Waals surface area contributed by atoms with Gasteiger partial charge in [-0.05, 0) is 37.5 Å². The molecular weight excluding hydrogens is 164 g/mol. The molecule has 76 valence electrons. The second-order valence-corrected chi connectivity index (χ2v) is 5.67. The van der Waals surface area contributed by atoms with E-state index in [4.69, 9.17) is 5.11 Å². The van der Waals surface area contributed by atoms with Crippen molar-refractivity contribution in [3.8, 4) is 0 Å². The van der Waals surface area contributed by atoms with Crippen molar-refractivity contribution >= 4 is 5.97 Å². The SMILES string of the molecule is CC1(C(=O)O)CCC(C(C)(C)C)C1. The molecule has 0 aliphatic heterocycles. The van der Waals surface area contributed by atoms with Crippen LogP contribution in [0.1, 0.15) is 47.0 Å². The van der Waals surface area contributed by atoms with Crippen LogP contribution in [0.4, 0.5) is 0 Å². The zero-order valence-electron chi connectivity index (χ0n) is 9.05. The summed E-state index contributed by atoms with van der Waals surface area (Å²) in [7, 11) is 0.